The number of rotatable bonds is 7. The molecule has 1 heterocycles. The van der Waals surface area contributed by atoms with Gasteiger partial charge in [-0.05, 0) is 13.0 Å². The second-order valence-corrected chi connectivity index (χ2v) is 3.57. The lowest BCUT2D eigenvalue weighted by Gasteiger charge is -2.13. The fourth-order valence-corrected chi connectivity index (χ4v) is 1.43. The summed E-state index contributed by atoms with van der Waals surface area (Å²) in [5.74, 6) is -0.445. The van der Waals surface area contributed by atoms with E-state index in [4.69, 9.17) is 10.5 Å². The molecule has 0 fully saturated rings. The Morgan fingerprint density at radius 1 is 1.75 bits per heavy atom. The highest BCUT2D eigenvalue weighted by Crippen LogP contribution is 2.09. The van der Waals surface area contributed by atoms with Crippen molar-refractivity contribution in [3.8, 4) is 0 Å². The molecule has 6 nitrogen and oxygen atoms in total. The number of carbonyl (C=O) groups is 1. The second kappa shape index (κ2) is 6.24. The smallest absolute Gasteiger partial charge is 0.243 e. The van der Waals surface area contributed by atoms with Crippen molar-refractivity contribution < 1.29 is 9.53 Å². The molecule has 0 saturated heterocycles. The predicted molar refractivity (Wildman–Crippen MR) is 59.6 cm³/mol. The van der Waals surface area contributed by atoms with Crippen LogP contribution in [0.1, 0.15) is 18.7 Å². The van der Waals surface area contributed by atoms with Gasteiger partial charge >= 0.3 is 0 Å². The maximum absolute atomic E-state index is 10.4. The van der Waals surface area contributed by atoms with E-state index >= 15 is 0 Å². The molecule has 0 aromatic carbocycles. The first-order chi connectivity index (χ1) is 7.61. The molecule has 1 aromatic heterocycles. The topological polar surface area (TPSA) is 82.2 Å². The van der Waals surface area contributed by atoms with Crippen LogP contribution in [0.5, 0.6) is 0 Å². The molecule has 1 amide bonds. The number of aromatic nitrogens is 2. The van der Waals surface area contributed by atoms with Gasteiger partial charge in [-0.25, -0.2) is 0 Å². The van der Waals surface area contributed by atoms with Crippen LogP contribution in [0.15, 0.2) is 12.3 Å². The lowest BCUT2D eigenvalue weighted by molar-refractivity contribution is -0.122. The minimum Gasteiger partial charge on any atom is -0.370 e. The van der Waals surface area contributed by atoms with Crippen LogP contribution < -0.4 is 11.1 Å². The molecule has 0 aliphatic carbocycles. The lowest BCUT2D eigenvalue weighted by atomic mass is 10.2. The zero-order chi connectivity index (χ0) is 12.0. The Labute approximate surface area is 94.8 Å². The summed E-state index contributed by atoms with van der Waals surface area (Å²) in [6.45, 7) is 3.15. The Morgan fingerprint density at radius 3 is 3.06 bits per heavy atom. The standard InChI is InChI=1S/C10H18N4O2/c1-8(9-3-4-13-14(9)2)12-5-6-16-7-10(11)15/h3-4,8,12H,5-7H2,1-2H3,(H2,11,15). The summed E-state index contributed by atoms with van der Waals surface area (Å²) in [6, 6.07) is 2.16. The number of aryl methyl sites for hydroxylation is 1. The van der Waals surface area contributed by atoms with Crippen LogP contribution in [0.2, 0.25) is 0 Å². The van der Waals surface area contributed by atoms with E-state index in [1.165, 1.54) is 0 Å². The van der Waals surface area contributed by atoms with Crippen molar-refractivity contribution in [1.82, 2.24) is 15.1 Å². The third kappa shape index (κ3) is 4.00. The Bertz CT molecular complexity index is 337. The SMILES string of the molecule is CC(NCCOCC(N)=O)c1ccnn1C. The minimum absolute atomic E-state index is 0.0260. The monoisotopic (exact) mass is 226 g/mol. The summed E-state index contributed by atoms with van der Waals surface area (Å²) < 4.78 is 6.85. The van der Waals surface area contributed by atoms with Gasteiger partial charge in [0.1, 0.15) is 6.61 Å². The predicted octanol–water partition coefficient (Wildman–Crippen LogP) is -0.427. The van der Waals surface area contributed by atoms with Crippen molar-refractivity contribution in [1.29, 1.82) is 0 Å². The number of carbonyl (C=O) groups excluding carboxylic acids is 1. The van der Waals surface area contributed by atoms with Gasteiger partial charge in [-0.15, -0.1) is 0 Å². The first-order valence-electron chi connectivity index (χ1n) is 5.18. The number of primary amides is 1. The highest BCUT2D eigenvalue weighted by Gasteiger charge is 2.07. The molecule has 1 unspecified atom stereocenters. The normalized spacial score (nSPS) is 12.6. The van der Waals surface area contributed by atoms with Gasteiger partial charge in [-0.1, -0.05) is 0 Å². The van der Waals surface area contributed by atoms with Gasteiger partial charge in [0.25, 0.3) is 0 Å². The third-order valence-electron chi connectivity index (χ3n) is 2.24. The lowest BCUT2D eigenvalue weighted by Crippen LogP contribution is -2.26. The van der Waals surface area contributed by atoms with Crippen molar-refractivity contribution in [2.45, 2.75) is 13.0 Å². The molecule has 16 heavy (non-hydrogen) atoms. The number of nitrogens with zero attached hydrogens (tertiary/aromatic N) is 2. The Hall–Kier alpha value is -1.40. The average Bonchev–Trinajstić information content (AvgIpc) is 2.63. The Kier molecular flexibility index (Phi) is 4.94. The minimum atomic E-state index is -0.445. The second-order valence-electron chi connectivity index (χ2n) is 3.57. The molecule has 6 heteroatoms. The van der Waals surface area contributed by atoms with E-state index in [0.717, 1.165) is 5.69 Å². The van der Waals surface area contributed by atoms with E-state index in [2.05, 4.69) is 10.4 Å². The zero-order valence-electron chi connectivity index (χ0n) is 9.64. The van der Waals surface area contributed by atoms with E-state index in [1.54, 1.807) is 6.20 Å². The summed E-state index contributed by atoms with van der Waals surface area (Å²) in [7, 11) is 1.90. The highest BCUT2D eigenvalue weighted by atomic mass is 16.5. The van der Waals surface area contributed by atoms with Crippen LogP contribution in [-0.4, -0.2) is 35.4 Å². The van der Waals surface area contributed by atoms with Crippen LogP contribution in [-0.2, 0) is 16.6 Å². The summed E-state index contributed by atoms with van der Waals surface area (Å²) in [6.07, 6.45) is 1.76. The van der Waals surface area contributed by atoms with Gasteiger partial charge in [-0.2, -0.15) is 5.10 Å². The van der Waals surface area contributed by atoms with Crippen molar-refractivity contribution in [2.75, 3.05) is 19.8 Å². The Balaban J connectivity index is 2.18. The van der Waals surface area contributed by atoms with Gasteiger partial charge in [0.15, 0.2) is 0 Å². The molecule has 0 bridgehead atoms. The molecular weight excluding hydrogens is 208 g/mol. The molecule has 90 valence electrons. The largest absolute Gasteiger partial charge is 0.370 e. The summed E-state index contributed by atoms with van der Waals surface area (Å²) in [5.41, 5.74) is 6.04. The van der Waals surface area contributed by atoms with Crippen LogP contribution in [0.3, 0.4) is 0 Å². The highest BCUT2D eigenvalue weighted by molar-refractivity contribution is 5.74. The number of nitrogens with one attached hydrogen (secondary N) is 1. The quantitative estimate of drug-likeness (QED) is 0.618. The molecule has 3 N–H and O–H groups in total. The van der Waals surface area contributed by atoms with Crippen molar-refractivity contribution in [3.63, 3.8) is 0 Å². The number of hydrogen-bond acceptors (Lipinski definition) is 4. The molecule has 0 aliphatic rings. The summed E-state index contributed by atoms with van der Waals surface area (Å²) >= 11 is 0. The summed E-state index contributed by atoms with van der Waals surface area (Å²) in [5, 5.41) is 7.35. The van der Waals surface area contributed by atoms with Crippen LogP contribution in [0.4, 0.5) is 0 Å². The molecule has 0 aliphatic heterocycles. The molecule has 1 atom stereocenters. The fraction of sp³-hybridized carbons (Fsp3) is 0.600. The number of ether oxygens (including phenoxy) is 1. The van der Waals surface area contributed by atoms with Crippen molar-refractivity contribution >= 4 is 5.91 Å². The first kappa shape index (κ1) is 12.7. The molecule has 0 spiro atoms. The first-order valence-corrected chi connectivity index (χ1v) is 5.18. The molecule has 1 rings (SSSR count). The van der Waals surface area contributed by atoms with Crippen LogP contribution in [0.25, 0.3) is 0 Å². The van der Waals surface area contributed by atoms with E-state index < -0.39 is 5.91 Å². The maximum atomic E-state index is 10.4. The summed E-state index contributed by atoms with van der Waals surface area (Å²) in [4.78, 5) is 10.4. The number of nitrogens with two attached hydrogens (primary N) is 1. The Morgan fingerprint density at radius 2 is 2.50 bits per heavy atom. The number of amides is 1. The third-order valence-corrected chi connectivity index (χ3v) is 2.24. The van der Waals surface area contributed by atoms with Crippen LogP contribution in [0, 0.1) is 0 Å². The van der Waals surface area contributed by atoms with Gasteiger partial charge in [-0.3, -0.25) is 9.48 Å². The molecule has 1 aromatic rings. The zero-order valence-corrected chi connectivity index (χ0v) is 9.64. The van der Waals surface area contributed by atoms with E-state index in [-0.39, 0.29) is 12.6 Å². The fourth-order valence-electron chi connectivity index (χ4n) is 1.43. The molecule has 0 radical (unpaired) electrons. The van der Waals surface area contributed by atoms with Gasteiger partial charge in [0.2, 0.25) is 5.91 Å². The maximum Gasteiger partial charge on any atom is 0.243 e. The van der Waals surface area contributed by atoms with Crippen LogP contribution >= 0.6 is 0 Å². The molecule has 0 saturated carbocycles. The van der Waals surface area contributed by atoms with Crippen molar-refractivity contribution in [3.05, 3.63) is 18.0 Å². The number of hydrogen-bond donors (Lipinski definition) is 2. The molecular formula is C10H18N4O2. The van der Waals surface area contributed by atoms with Gasteiger partial charge in [0.05, 0.1) is 12.3 Å². The average molecular weight is 226 g/mol. The van der Waals surface area contributed by atoms with Gasteiger partial charge in [0, 0.05) is 25.8 Å². The van der Waals surface area contributed by atoms with E-state index in [1.807, 2.05) is 24.7 Å². The van der Waals surface area contributed by atoms with Crippen molar-refractivity contribution in [2.24, 2.45) is 12.8 Å². The van der Waals surface area contributed by atoms with E-state index in [9.17, 15) is 4.79 Å². The van der Waals surface area contributed by atoms with Gasteiger partial charge < -0.3 is 15.8 Å². The van der Waals surface area contributed by atoms with E-state index in [0.29, 0.717) is 13.2 Å².